The van der Waals surface area contributed by atoms with Gasteiger partial charge in [-0.3, -0.25) is 0 Å². The number of hydrogen-bond acceptors (Lipinski definition) is 2. The molecule has 0 bridgehead atoms. The lowest BCUT2D eigenvalue weighted by atomic mass is 10.1. The molecule has 0 amide bonds. The van der Waals surface area contributed by atoms with Gasteiger partial charge >= 0.3 is 6.18 Å². The lowest BCUT2D eigenvalue weighted by Gasteiger charge is -2.05. The Kier molecular flexibility index (Phi) is 2.67. The van der Waals surface area contributed by atoms with E-state index in [0.717, 1.165) is 15.5 Å². The predicted molar refractivity (Wildman–Crippen MR) is 67.7 cm³/mol. The van der Waals surface area contributed by atoms with E-state index in [1.807, 2.05) is 24.3 Å². The van der Waals surface area contributed by atoms with E-state index in [2.05, 4.69) is 5.10 Å². The summed E-state index contributed by atoms with van der Waals surface area (Å²) in [6.07, 6.45) is -4.58. The zero-order chi connectivity index (χ0) is 14.3. The number of nitrogens with zero attached hydrogens (tertiary/aromatic N) is 2. The summed E-state index contributed by atoms with van der Waals surface area (Å²) < 4.78 is 38.6. The fourth-order valence-corrected chi connectivity index (χ4v) is 2.01. The molecule has 0 atom stereocenters. The zero-order valence-electron chi connectivity index (χ0n) is 10.1. The van der Waals surface area contributed by atoms with E-state index in [9.17, 15) is 18.3 Å². The topological polar surface area (TPSA) is 38.1 Å². The third-order valence-corrected chi connectivity index (χ3v) is 2.96. The summed E-state index contributed by atoms with van der Waals surface area (Å²) in [5, 5.41) is 14.8. The molecule has 0 radical (unpaired) electrons. The molecule has 0 spiro atoms. The Morgan fingerprint density at radius 1 is 0.950 bits per heavy atom. The van der Waals surface area contributed by atoms with E-state index < -0.39 is 17.8 Å². The SMILES string of the molecule is Oc1cc(C(F)(F)F)nn1-c1ccc2ccccc2c1. The molecule has 20 heavy (non-hydrogen) atoms. The van der Waals surface area contributed by atoms with Crippen molar-refractivity contribution in [1.82, 2.24) is 9.78 Å². The maximum Gasteiger partial charge on any atom is 0.435 e. The standard InChI is InChI=1S/C14H9F3N2O/c15-14(16,17)12-8-13(20)19(18-12)11-6-5-9-3-1-2-4-10(9)7-11/h1-8,20H. The molecule has 6 heteroatoms. The second-order valence-electron chi connectivity index (χ2n) is 4.33. The van der Waals surface area contributed by atoms with Crippen molar-refractivity contribution in [3.63, 3.8) is 0 Å². The summed E-state index contributed by atoms with van der Waals surface area (Å²) in [5.41, 5.74) is -0.750. The van der Waals surface area contributed by atoms with E-state index in [1.54, 1.807) is 18.2 Å². The Bertz CT molecular complexity index is 777. The number of rotatable bonds is 1. The molecule has 0 aliphatic heterocycles. The molecule has 2 aromatic carbocycles. The van der Waals surface area contributed by atoms with Gasteiger partial charge in [-0.1, -0.05) is 30.3 Å². The Labute approximate surface area is 111 Å². The Morgan fingerprint density at radius 2 is 1.65 bits per heavy atom. The minimum Gasteiger partial charge on any atom is -0.493 e. The smallest absolute Gasteiger partial charge is 0.435 e. The zero-order valence-corrected chi connectivity index (χ0v) is 10.1. The normalized spacial score (nSPS) is 11.9. The third-order valence-electron chi connectivity index (χ3n) is 2.96. The van der Waals surface area contributed by atoms with Crippen LogP contribution >= 0.6 is 0 Å². The lowest BCUT2D eigenvalue weighted by molar-refractivity contribution is -0.141. The first-order chi connectivity index (χ1) is 9.45. The van der Waals surface area contributed by atoms with E-state index in [-0.39, 0.29) is 0 Å². The quantitative estimate of drug-likeness (QED) is 0.736. The second kappa shape index (κ2) is 4.26. The van der Waals surface area contributed by atoms with Crippen molar-refractivity contribution in [1.29, 1.82) is 0 Å². The van der Waals surface area contributed by atoms with Gasteiger partial charge in [-0.2, -0.15) is 18.3 Å². The molecule has 1 N–H and O–H groups in total. The lowest BCUT2D eigenvalue weighted by Crippen LogP contribution is -2.07. The molecule has 0 fully saturated rings. The number of alkyl halides is 3. The highest BCUT2D eigenvalue weighted by molar-refractivity contribution is 5.84. The highest BCUT2D eigenvalue weighted by Crippen LogP contribution is 2.32. The van der Waals surface area contributed by atoms with Crippen LogP contribution < -0.4 is 0 Å². The van der Waals surface area contributed by atoms with Gasteiger partial charge in [0, 0.05) is 6.07 Å². The first-order valence-electron chi connectivity index (χ1n) is 5.80. The molecule has 0 saturated carbocycles. The largest absolute Gasteiger partial charge is 0.493 e. The van der Waals surface area contributed by atoms with Crippen LogP contribution in [0, 0.1) is 0 Å². The van der Waals surface area contributed by atoms with Gasteiger partial charge in [-0.05, 0) is 22.9 Å². The number of benzene rings is 2. The molecule has 102 valence electrons. The Morgan fingerprint density at radius 3 is 2.30 bits per heavy atom. The van der Waals surface area contributed by atoms with Crippen molar-refractivity contribution in [2.45, 2.75) is 6.18 Å². The minimum absolute atomic E-state index is 0.372. The first-order valence-corrected chi connectivity index (χ1v) is 5.80. The van der Waals surface area contributed by atoms with Crippen molar-refractivity contribution >= 4 is 10.8 Å². The van der Waals surface area contributed by atoms with Crippen molar-refractivity contribution in [3.05, 3.63) is 54.2 Å². The van der Waals surface area contributed by atoms with Crippen LogP contribution in [0.1, 0.15) is 5.69 Å². The fraction of sp³-hybridized carbons (Fsp3) is 0.0714. The summed E-state index contributed by atoms with van der Waals surface area (Å²) >= 11 is 0. The van der Waals surface area contributed by atoms with Crippen LogP contribution in [0.3, 0.4) is 0 Å². The monoisotopic (exact) mass is 278 g/mol. The van der Waals surface area contributed by atoms with E-state index in [0.29, 0.717) is 11.8 Å². The van der Waals surface area contributed by atoms with Gasteiger partial charge in [0.25, 0.3) is 0 Å². The molecule has 3 aromatic rings. The maximum absolute atomic E-state index is 12.6. The van der Waals surface area contributed by atoms with Crippen molar-refractivity contribution in [3.8, 4) is 11.6 Å². The summed E-state index contributed by atoms with van der Waals surface area (Å²) in [7, 11) is 0. The van der Waals surface area contributed by atoms with Gasteiger partial charge in [0.05, 0.1) is 5.69 Å². The number of halogens is 3. The molecule has 1 heterocycles. The third kappa shape index (κ3) is 2.09. The summed E-state index contributed by atoms with van der Waals surface area (Å²) in [4.78, 5) is 0. The molecular formula is C14H9F3N2O. The molecule has 1 aromatic heterocycles. The van der Waals surface area contributed by atoms with Crippen LogP contribution in [0.4, 0.5) is 13.2 Å². The predicted octanol–water partition coefficient (Wildman–Crippen LogP) is 3.75. The van der Waals surface area contributed by atoms with Crippen molar-refractivity contribution < 1.29 is 18.3 Å². The highest BCUT2D eigenvalue weighted by atomic mass is 19.4. The molecule has 0 unspecified atom stereocenters. The van der Waals surface area contributed by atoms with Crippen LogP contribution in [0.2, 0.25) is 0 Å². The van der Waals surface area contributed by atoms with Crippen molar-refractivity contribution in [2.24, 2.45) is 0 Å². The Balaban J connectivity index is 2.13. The van der Waals surface area contributed by atoms with E-state index in [1.165, 1.54) is 0 Å². The second-order valence-corrected chi connectivity index (χ2v) is 4.33. The van der Waals surface area contributed by atoms with E-state index in [4.69, 9.17) is 0 Å². The average Bonchev–Trinajstić information content (AvgIpc) is 2.80. The molecule has 0 aliphatic carbocycles. The van der Waals surface area contributed by atoms with Gasteiger partial charge in [0.15, 0.2) is 5.69 Å². The summed E-state index contributed by atoms with van der Waals surface area (Å²) in [6, 6.07) is 13.1. The van der Waals surface area contributed by atoms with Crippen molar-refractivity contribution in [2.75, 3.05) is 0 Å². The number of fused-ring (bicyclic) bond motifs is 1. The van der Waals surface area contributed by atoms with Crippen LogP contribution in [0.15, 0.2) is 48.5 Å². The molecule has 0 aliphatic rings. The van der Waals surface area contributed by atoms with Crippen LogP contribution in [0.25, 0.3) is 16.5 Å². The van der Waals surface area contributed by atoms with Gasteiger partial charge in [-0.25, -0.2) is 4.68 Å². The minimum atomic E-state index is -4.58. The van der Waals surface area contributed by atoms with Gasteiger partial charge in [-0.15, -0.1) is 0 Å². The number of aromatic hydroxyl groups is 1. The van der Waals surface area contributed by atoms with E-state index >= 15 is 0 Å². The van der Waals surface area contributed by atoms with Gasteiger partial charge < -0.3 is 5.11 Å². The van der Waals surface area contributed by atoms with Gasteiger partial charge in [0.2, 0.25) is 5.88 Å². The number of hydrogen-bond donors (Lipinski definition) is 1. The van der Waals surface area contributed by atoms with Crippen LogP contribution in [0.5, 0.6) is 5.88 Å². The highest BCUT2D eigenvalue weighted by Gasteiger charge is 2.35. The summed E-state index contributed by atoms with van der Waals surface area (Å²) in [6.45, 7) is 0. The first kappa shape index (κ1) is 12.5. The number of aromatic nitrogens is 2. The Hall–Kier alpha value is -2.50. The van der Waals surface area contributed by atoms with Crippen LogP contribution in [-0.4, -0.2) is 14.9 Å². The average molecular weight is 278 g/mol. The van der Waals surface area contributed by atoms with Crippen LogP contribution in [-0.2, 0) is 6.18 Å². The molecule has 0 saturated heterocycles. The fourth-order valence-electron chi connectivity index (χ4n) is 2.01. The maximum atomic E-state index is 12.6. The van der Waals surface area contributed by atoms with Gasteiger partial charge in [0.1, 0.15) is 0 Å². The molecule has 3 nitrogen and oxygen atoms in total. The molecular weight excluding hydrogens is 269 g/mol. The summed E-state index contributed by atoms with van der Waals surface area (Å²) in [5.74, 6) is -0.549. The molecule has 3 rings (SSSR count).